The predicted molar refractivity (Wildman–Crippen MR) is 122 cm³/mol. The summed E-state index contributed by atoms with van der Waals surface area (Å²) in [6.07, 6.45) is 2.77. The summed E-state index contributed by atoms with van der Waals surface area (Å²) >= 11 is 6.21. The molecule has 162 valence electrons. The van der Waals surface area contributed by atoms with Crippen molar-refractivity contribution in [3.63, 3.8) is 0 Å². The van der Waals surface area contributed by atoms with Gasteiger partial charge in [-0.25, -0.2) is 0 Å². The number of benzene rings is 1. The van der Waals surface area contributed by atoms with Gasteiger partial charge in [-0.3, -0.25) is 4.99 Å². The summed E-state index contributed by atoms with van der Waals surface area (Å²) in [7, 11) is 0. The molecule has 0 saturated carbocycles. The van der Waals surface area contributed by atoms with E-state index in [1.165, 1.54) is 11.3 Å². The largest absolute Gasteiger partial charge is 0.393 e. The van der Waals surface area contributed by atoms with Crippen LogP contribution in [-0.4, -0.2) is 85.9 Å². The molecule has 0 atom stereocenters. The van der Waals surface area contributed by atoms with Crippen LogP contribution in [0.15, 0.2) is 23.2 Å². The summed E-state index contributed by atoms with van der Waals surface area (Å²) in [4.78, 5) is 12.1. The van der Waals surface area contributed by atoms with Gasteiger partial charge in [0, 0.05) is 63.1 Å². The van der Waals surface area contributed by atoms with Crippen LogP contribution in [-0.2, 0) is 0 Å². The maximum absolute atomic E-state index is 9.62. The number of anilines is 1. The average Bonchev–Trinajstić information content (AvgIpc) is 2.73. The van der Waals surface area contributed by atoms with E-state index in [0.717, 1.165) is 89.1 Å². The van der Waals surface area contributed by atoms with Crippen LogP contribution < -0.4 is 10.2 Å². The molecule has 0 aliphatic carbocycles. The van der Waals surface area contributed by atoms with Crippen molar-refractivity contribution in [1.82, 2.24) is 15.1 Å². The number of nitrogens with one attached hydrogen (secondary N) is 1. The highest BCUT2D eigenvalue weighted by molar-refractivity contribution is 6.30. The quantitative estimate of drug-likeness (QED) is 0.420. The number of piperazine rings is 1. The minimum atomic E-state index is -0.0982. The van der Waals surface area contributed by atoms with E-state index in [-0.39, 0.29) is 6.10 Å². The second kappa shape index (κ2) is 11.0. The first-order valence-electron chi connectivity index (χ1n) is 11.0. The molecule has 0 radical (unpaired) electrons. The molecular formula is C22H36ClN5O. The van der Waals surface area contributed by atoms with Crippen molar-refractivity contribution in [2.24, 2.45) is 4.99 Å². The van der Waals surface area contributed by atoms with Gasteiger partial charge in [0.05, 0.1) is 6.10 Å². The second-order valence-corrected chi connectivity index (χ2v) is 8.50. The molecule has 2 aliphatic rings. The van der Waals surface area contributed by atoms with Crippen LogP contribution in [0.5, 0.6) is 0 Å². The van der Waals surface area contributed by atoms with Crippen LogP contribution in [0.1, 0.15) is 31.7 Å². The van der Waals surface area contributed by atoms with Gasteiger partial charge >= 0.3 is 0 Å². The Morgan fingerprint density at radius 3 is 2.59 bits per heavy atom. The van der Waals surface area contributed by atoms with Crippen molar-refractivity contribution in [2.75, 3.05) is 63.8 Å². The Morgan fingerprint density at radius 1 is 1.17 bits per heavy atom. The summed E-state index contributed by atoms with van der Waals surface area (Å²) in [6.45, 7) is 13.0. The minimum Gasteiger partial charge on any atom is -0.393 e. The number of rotatable bonds is 6. The Hall–Kier alpha value is -1.50. The molecule has 0 spiro atoms. The Morgan fingerprint density at radius 2 is 1.90 bits per heavy atom. The molecule has 0 bridgehead atoms. The maximum atomic E-state index is 9.62. The van der Waals surface area contributed by atoms with E-state index >= 15 is 0 Å². The van der Waals surface area contributed by atoms with E-state index in [4.69, 9.17) is 16.6 Å². The normalized spacial score (nSPS) is 19.7. The smallest absolute Gasteiger partial charge is 0.194 e. The van der Waals surface area contributed by atoms with Crippen molar-refractivity contribution in [2.45, 2.75) is 39.2 Å². The third-order valence-electron chi connectivity index (χ3n) is 5.88. The number of halogens is 1. The number of likely N-dealkylation sites (tertiary alicyclic amines) is 1. The van der Waals surface area contributed by atoms with Gasteiger partial charge in [0.15, 0.2) is 5.96 Å². The summed E-state index contributed by atoms with van der Waals surface area (Å²) in [5.74, 6) is 1.03. The first kappa shape index (κ1) is 22.2. The number of hydrogen-bond acceptors (Lipinski definition) is 4. The molecular weight excluding hydrogens is 386 g/mol. The summed E-state index contributed by atoms with van der Waals surface area (Å²) in [5.41, 5.74) is 2.51. The van der Waals surface area contributed by atoms with Crippen molar-refractivity contribution < 1.29 is 5.11 Å². The van der Waals surface area contributed by atoms with Gasteiger partial charge in [-0.05, 0) is 57.4 Å². The number of aliphatic imine (C=N–C) groups is 1. The fourth-order valence-corrected chi connectivity index (χ4v) is 4.30. The number of nitrogens with zero attached hydrogens (tertiary/aromatic N) is 4. The number of aryl methyl sites for hydroxylation is 1. The van der Waals surface area contributed by atoms with Crippen molar-refractivity contribution in [3.05, 3.63) is 28.8 Å². The molecule has 2 heterocycles. The molecule has 1 aromatic carbocycles. The molecule has 0 aromatic heterocycles. The Balaban J connectivity index is 1.48. The number of aliphatic hydroxyl groups is 1. The van der Waals surface area contributed by atoms with Gasteiger partial charge in [-0.2, -0.15) is 0 Å². The zero-order valence-corrected chi connectivity index (χ0v) is 18.7. The fraction of sp³-hybridized carbons (Fsp3) is 0.682. The minimum absolute atomic E-state index is 0.0982. The molecule has 2 saturated heterocycles. The van der Waals surface area contributed by atoms with Crippen LogP contribution in [0.2, 0.25) is 5.02 Å². The molecule has 2 N–H and O–H groups in total. The van der Waals surface area contributed by atoms with Gasteiger partial charge < -0.3 is 25.1 Å². The van der Waals surface area contributed by atoms with E-state index < -0.39 is 0 Å². The van der Waals surface area contributed by atoms with Gasteiger partial charge in [0.2, 0.25) is 0 Å². The molecule has 3 rings (SSSR count). The first-order valence-corrected chi connectivity index (χ1v) is 11.4. The average molecular weight is 422 g/mol. The van der Waals surface area contributed by atoms with Crippen LogP contribution >= 0.6 is 11.6 Å². The van der Waals surface area contributed by atoms with Gasteiger partial charge in [-0.1, -0.05) is 17.7 Å². The van der Waals surface area contributed by atoms with E-state index in [1.54, 1.807) is 0 Å². The van der Waals surface area contributed by atoms with E-state index in [2.05, 4.69) is 46.0 Å². The lowest BCUT2D eigenvalue weighted by atomic mass is 10.1. The summed E-state index contributed by atoms with van der Waals surface area (Å²) in [5, 5.41) is 13.9. The number of piperidine rings is 1. The molecule has 7 heteroatoms. The third-order valence-corrected chi connectivity index (χ3v) is 6.11. The lowest BCUT2D eigenvalue weighted by Crippen LogP contribution is -2.52. The molecule has 29 heavy (non-hydrogen) atoms. The third kappa shape index (κ3) is 6.49. The molecule has 0 amide bonds. The lowest BCUT2D eigenvalue weighted by molar-refractivity contribution is 0.0824. The summed E-state index contributed by atoms with van der Waals surface area (Å²) < 4.78 is 0. The van der Waals surface area contributed by atoms with Crippen molar-refractivity contribution in [1.29, 1.82) is 0 Å². The van der Waals surface area contributed by atoms with E-state index in [9.17, 15) is 5.11 Å². The molecule has 1 aromatic rings. The molecule has 6 nitrogen and oxygen atoms in total. The maximum Gasteiger partial charge on any atom is 0.194 e. The van der Waals surface area contributed by atoms with E-state index in [1.807, 2.05) is 6.07 Å². The highest BCUT2D eigenvalue weighted by atomic mass is 35.5. The van der Waals surface area contributed by atoms with Crippen LogP contribution in [0.25, 0.3) is 0 Å². The lowest BCUT2D eigenvalue weighted by Gasteiger charge is -2.38. The van der Waals surface area contributed by atoms with Crippen LogP contribution in [0.3, 0.4) is 0 Å². The highest BCUT2D eigenvalue weighted by Gasteiger charge is 2.21. The Bertz CT molecular complexity index is 667. The first-order chi connectivity index (χ1) is 14.1. The number of guanidine groups is 1. The van der Waals surface area contributed by atoms with Crippen molar-refractivity contribution >= 4 is 23.2 Å². The number of aliphatic hydroxyl groups excluding tert-OH is 1. The highest BCUT2D eigenvalue weighted by Crippen LogP contribution is 2.25. The van der Waals surface area contributed by atoms with Crippen molar-refractivity contribution in [3.8, 4) is 0 Å². The second-order valence-electron chi connectivity index (χ2n) is 8.07. The SMILES string of the molecule is CCNC(=NCCCN1CCC(O)CC1)N1CCN(c2cc(Cl)ccc2C)CC1. The molecule has 2 fully saturated rings. The van der Waals surface area contributed by atoms with Crippen LogP contribution in [0.4, 0.5) is 5.69 Å². The predicted octanol–water partition coefficient (Wildman–Crippen LogP) is 2.58. The molecule has 0 unspecified atom stereocenters. The summed E-state index contributed by atoms with van der Waals surface area (Å²) in [6, 6.07) is 6.13. The van der Waals surface area contributed by atoms with Gasteiger partial charge in [-0.15, -0.1) is 0 Å². The Labute approximate surface area is 180 Å². The monoisotopic (exact) mass is 421 g/mol. The van der Waals surface area contributed by atoms with E-state index in [0.29, 0.717) is 0 Å². The van der Waals surface area contributed by atoms with Gasteiger partial charge in [0.25, 0.3) is 0 Å². The topological polar surface area (TPSA) is 54.3 Å². The van der Waals surface area contributed by atoms with Gasteiger partial charge in [0.1, 0.15) is 0 Å². The Kier molecular flexibility index (Phi) is 8.45. The molecule has 2 aliphatic heterocycles. The standard InChI is InChI=1S/C22H36ClN5O/c1-3-24-22(25-9-4-10-26-11-7-20(29)8-12-26)28-15-13-27(14-16-28)21-17-19(23)6-5-18(21)2/h5-6,17,20,29H,3-4,7-16H2,1-2H3,(H,24,25). The fourth-order valence-electron chi connectivity index (χ4n) is 4.13. The zero-order valence-electron chi connectivity index (χ0n) is 17.9. The number of hydrogen-bond donors (Lipinski definition) is 2. The zero-order chi connectivity index (χ0) is 20.6. The van der Waals surface area contributed by atoms with Crippen LogP contribution in [0, 0.1) is 6.92 Å².